The van der Waals surface area contributed by atoms with Crippen LogP contribution in [0.15, 0.2) is 36.9 Å². The Morgan fingerprint density at radius 2 is 2.27 bits per heavy atom. The fraction of sp³-hybridized carbons (Fsp3) is 0.0909. The van der Waals surface area contributed by atoms with Gasteiger partial charge in [0.1, 0.15) is 0 Å². The molecule has 1 aromatic carbocycles. The van der Waals surface area contributed by atoms with Gasteiger partial charge in [-0.2, -0.15) is 5.10 Å². The van der Waals surface area contributed by atoms with Crippen LogP contribution in [0.3, 0.4) is 0 Å². The van der Waals surface area contributed by atoms with Crippen LogP contribution in [0.1, 0.15) is 0 Å². The van der Waals surface area contributed by atoms with Crippen molar-refractivity contribution in [3.63, 3.8) is 0 Å². The summed E-state index contributed by atoms with van der Waals surface area (Å²) in [4.78, 5) is 7.41. The summed E-state index contributed by atoms with van der Waals surface area (Å²) in [5, 5.41) is 4.16. The number of hydrogen-bond donors (Lipinski definition) is 1. The molecule has 0 atom stereocenters. The molecule has 0 fully saturated rings. The minimum absolute atomic E-state index is 0.991. The zero-order chi connectivity index (χ0) is 10.3. The van der Waals surface area contributed by atoms with Gasteiger partial charge in [-0.15, -0.1) is 0 Å². The zero-order valence-electron chi connectivity index (χ0n) is 8.31. The summed E-state index contributed by atoms with van der Waals surface area (Å²) in [7, 11) is 1.91. The van der Waals surface area contributed by atoms with Gasteiger partial charge in [-0.3, -0.25) is 4.68 Å². The molecule has 2 aromatic heterocycles. The van der Waals surface area contributed by atoms with Gasteiger partial charge in [-0.1, -0.05) is 12.1 Å². The number of H-pyrrole nitrogens is 1. The lowest BCUT2D eigenvalue weighted by molar-refractivity contribution is 0.768. The predicted molar refractivity (Wildman–Crippen MR) is 58.3 cm³/mol. The van der Waals surface area contributed by atoms with Crippen molar-refractivity contribution in [2.24, 2.45) is 7.05 Å². The summed E-state index contributed by atoms with van der Waals surface area (Å²) in [5.41, 5.74) is 4.25. The SMILES string of the molecule is Cn1cc(-c2cccc3[nH]cnc23)cn1. The first-order valence-corrected chi connectivity index (χ1v) is 4.76. The molecule has 4 nitrogen and oxygen atoms in total. The Kier molecular flexibility index (Phi) is 1.62. The second-order valence-corrected chi connectivity index (χ2v) is 3.51. The van der Waals surface area contributed by atoms with E-state index in [0.29, 0.717) is 0 Å². The maximum atomic E-state index is 4.31. The zero-order valence-corrected chi connectivity index (χ0v) is 8.31. The molecule has 2 heterocycles. The van der Waals surface area contributed by atoms with E-state index in [1.165, 1.54) is 0 Å². The number of nitrogens with one attached hydrogen (secondary N) is 1. The lowest BCUT2D eigenvalue weighted by Crippen LogP contribution is -1.84. The third-order valence-electron chi connectivity index (χ3n) is 2.47. The molecular weight excluding hydrogens is 188 g/mol. The Morgan fingerprint density at radius 3 is 3.07 bits per heavy atom. The molecule has 0 bridgehead atoms. The second-order valence-electron chi connectivity index (χ2n) is 3.51. The van der Waals surface area contributed by atoms with Crippen LogP contribution in [0.4, 0.5) is 0 Å². The molecule has 4 heteroatoms. The maximum Gasteiger partial charge on any atom is 0.0961 e. The van der Waals surface area contributed by atoms with Crippen molar-refractivity contribution in [1.29, 1.82) is 0 Å². The molecule has 15 heavy (non-hydrogen) atoms. The summed E-state index contributed by atoms with van der Waals surface area (Å²) < 4.78 is 1.79. The normalized spacial score (nSPS) is 11.0. The van der Waals surface area contributed by atoms with Crippen molar-refractivity contribution < 1.29 is 0 Å². The molecule has 0 aliphatic rings. The fourth-order valence-electron chi connectivity index (χ4n) is 1.76. The van der Waals surface area contributed by atoms with Gasteiger partial charge in [0.25, 0.3) is 0 Å². The number of para-hydroxylation sites is 1. The number of fused-ring (bicyclic) bond motifs is 1. The fourth-order valence-corrected chi connectivity index (χ4v) is 1.76. The number of benzene rings is 1. The van der Waals surface area contributed by atoms with Gasteiger partial charge < -0.3 is 4.98 Å². The quantitative estimate of drug-likeness (QED) is 0.649. The molecule has 0 radical (unpaired) electrons. The molecule has 3 aromatic rings. The lowest BCUT2D eigenvalue weighted by atomic mass is 10.1. The first kappa shape index (κ1) is 8.23. The smallest absolute Gasteiger partial charge is 0.0961 e. The maximum absolute atomic E-state index is 4.31. The topological polar surface area (TPSA) is 46.5 Å². The number of rotatable bonds is 1. The number of nitrogens with zero attached hydrogens (tertiary/aromatic N) is 3. The molecule has 0 aliphatic carbocycles. The molecule has 0 saturated heterocycles. The van der Waals surface area contributed by atoms with Gasteiger partial charge in [0, 0.05) is 24.4 Å². The van der Waals surface area contributed by atoms with Gasteiger partial charge in [-0.25, -0.2) is 4.98 Å². The average Bonchev–Trinajstić information content (AvgIpc) is 2.84. The number of aromatic amines is 1. The Hall–Kier alpha value is -2.10. The van der Waals surface area contributed by atoms with E-state index in [4.69, 9.17) is 0 Å². The van der Waals surface area contributed by atoms with E-state index in [2.05, 4.69) is 21.1 Å². The van der Waals surface area contributed by atoms with Gasteiger partial charge in [-0.05, 0) is 6.07 Å². The molecule has 1 N–H and O–H groups in total. The highest BCUT2D eigenvalue weighted by Crippen LogP contribution is 2.25. The highest BCUT2D eigenvalue weighted by molar-refractivity contribution is 5.91. The standard InChI is InChI=1S/C11H10N4/c1-15-6-8(5-14-15)9-3-2-4-10-11(9)13-7-12-10/h2-7H,1H3,(H,12,13). The number of hydrogen-bond acceptors (Lipinski definition) is 2. The predicted octanol–water partition coefficient (Wildman–Crippen LogP) is 1.96. The molecule has 0 amide bonds. The Balaban J connectivity index is 2.30. The van der Waals surface area contributed by atoms with E-state index in [1.54, 1.807) is 11.0 Å². The minimum atomic E-state index is 0.991. The minimum Gasteiger partial charge on any atom is -0.345 e. The molecule has 3 rings (SSSR count). The van der Waals surface area contributed by atoms with E-state index in [-0.39, 0.29) is 0 Å². The van der Waals surface area contributed by atoms with E-state index >= 15 is 0 Å². The molecular formula is C11H10N4. The van der Waals surface area contributed by atoms with Crippen LogP contribution in [0, 0.1) is 0 Å². The van der Waals surface area contributed by atoms with E-state index in [1.807, 2.05) is 31.6 Å². The first-order chi connectivity index (χ1) is 7.34. The van der Waals surface area contributed by atoms with Crippen LogP contribution in [0.25, 0.3) is 22.2 Å². The number of imidazole rings is 1. The van der Waals surface area contributed by atoms with Crippen molar-refractivity contribution in [2.45, 2.75) is 0 Å². The van der Waals surface area contributed by atoms with Crippen LogP contribution in [-0.2, 0) is 7.05 Å². The van der Waals surface area contributed by atoms with Crippen molar-refractivity contribution in [3.8, 4) is 11.1 Å². The van der Waals surface area contributed by atoms with Gasteiger partial charge >= 0.3 is 0 Å². The van der Waals surface area contributed by atoms with E-state index in [9.17, 15) is 0 Å². The number of aromatic nitrogens is 4. The summed E-state index contributed by atoms with van der Waals surface area (Å²) >= 11 is 0. The third kappa shape index (κ3) is 1.22. The van der Waals surface area contributed by atoms with Crippen LogP contribution >= 0.6 is 0 Å². The summed E-state index contributed by atoms with van der Waals surface area (Å²) in [6, 6.07) is 6.09. The number of aryl methyl sites for hydroxylation is 1. The van der Waals surface area contributed by atoms with Gasteiger partial charge in [0.05, 0.1) is 23.6 Å². The van der Waals surface area contributed by atoms with Gasteiger partial charge in [0.15, 0.2) is 0 Å². The summed E-state index contributed by atoms with van der Waals surface area (Å²) in [5.74, 6) is 0. The summed E-state index contributed by atoms with van der Waals surface area (Å²) in [6.45, 7) is 0. The van der Waals surface area contributed by atoms with Crippen LogP contribution in [0.2, 0.25) is 0 Å². The van der Waals surface area contributed by atoms with Crippen molar-refractivity contribution in [2.75, 3.05) is 0 Å². The van der Waals surface area contributed by atoms with Crippen molar-refractivity contribution in [3.05, 3.63) is 36.9 Å². The Bertz CT molecular complexity index is 606. The van der Waals surface area contributed by atoms with Gasteiger partial charge in [0.2, 0.25) is 0 Å². The van der Waals surface area contributed by atoms with E-state index < -0.39 is 0 Å². The monoisotopic (exact) mass is 198 g/mol. The van der Waals surface area contributed by atoms with E-state index in [0.717, 1.165) is 22.2 Å². The molecule has 0 unspecified atom stereocenters. The Morgan fingerprint density at radius 1 is 1.33 bits per heavy atom. The molecule has 74 valence electrons. The largest absolute Gasteiger partial charge is 0.345 e. The van der Waals surface area contributed by atoms with Crippen molar-refractivity contribution >= 4 is 11.0 Å². The first-order valence-electron chi connectivity index (χ1n) is 4.76. The van der Waals surface area contributed by atoms with Crippen LogP contribution < -0.4 is 0 Å². The van der Waals surface area contributed by atoms with Crippen LogP contribution in [-0.4, -0.2) is 19.7 Å². The summed E-state index contributed by atoms with van der Waals surface area (Å²) in [6.07, 6.45) is 5.55. The van der Waals surface area contributed by atoms with Crippen LogP contribution in [0.5, 0.6) is 0 Å². The second kappa shape index (κ2) is 2.95. The Labute approximate surface area is 86.6 Å². The third-order valence-corrected chi connectivity index (χ3v) is 2.47. The molecule has 0 aliphatic heterocycles. The molecule has 0 saturated carbocycles. The highest BCUT2D eigenvalue weighted by Gasteiger charge is 2.06. The highest BCUT2D eigenvalue weighted by atomic mass is 15.2. The lowest BCUT2D eigenvalue weighted by Gasteiger charge is -1.97. The van der Waals surface area contributed by atoms with Crippen molar-refractivity contribution in [1.82, 2.24) is 19.7 Å². The molecule has 0 spiro atoms. The average molecular weight is 198 g/mol.